The smallest absolute Gasteiger partial charge is 0.270 e. The van der Waals surface area contributed by atoms with Gasteiger partial charge < -0.3 is 10.1 Å². The zero-order valence-corrected chi connectivity index (χ0v) is 13.3. The number of rotatable bonds is 6. The third-order valence-electron chi connectivity index (χ3n) is 4.17. The highest BCUT2D eigenvalue weighted by atomic mass is 16.6. The summed E-state index contributed by atoms with van der Waals surface area (Å²) in [5.41, 5.74) is 1.22. The average Bonchev–Trinajstić information content (AvgIpc) is 3.44. The summed E-state index contributed by atoms with van der Waals surface area (Å²) >= 11 is 0. The maximum atomic E-state index is 12.5. The number of methoxy groups -OCH3 is 1. The molecular weight excluding hydrogens is 308 g/mol. The molecule has 3 rings (SSSR count). The lowest BCUT2D eigenvalue weighted by atomic mass is 10.0. The number of carbonyl (C=O) groups excluding carboxylic acids is 1. The van der Waals surface area contributed by atoms with E-state index in [-0.39, 0.29) is 17.6 Å². The van der Waals surface area contributed by atoms with Crippen LogP contribution in [0.3, 0.4) is 0 Å². The highest BCUT2D eigenvalue weighted by Crippen LogP contribution is 2.41. The van der Waals surface area contributed by atoms with E-state index >= 15 is 0 Å². The molecule has 0 heterocycles. The molecule has 1 amide bonds. The summed E-state index contributed by atoms with van der Waals surface area (Å²) in [4.78, 5) is 22.9. The van der Waals surface area contributed by atoms with Crippen molar-refractivity contribution in [2.24, 2.45) is 5.92 Å². The molecule has 2 aromatic carbocycles. The molecule has 1 saturated carbocycles. The number of nitrogens with zero attached hydrogens (tertiary/aromatic N) is 1. The number of amides is 1. The minimum Gasteiger partial charge on any atom is -0.497 e. The fraction of sp³-hybridized carbons (Fsp3) is 0.278. The maximum absolute atomic E-state index is 12.5. The topological polar surface area (TPSA) is 81.5 Å². The Morgan fingerprint density at radius 3 is 2.54 bits per heavy atom. The minimum absolute atomic E-state index is 0.0879. The number of ether oxygens (including phenoxy) is 1. The first-order chi connectivity index (χ1) is 11.6. The predicted octanol–water partition coefficient (Wildman–Crippen LogP) is 3.48. The average molecular weight is 326 g/mol. The highest BCUT2D eigenvalue weighted by molar-refractivity contribution is 5.95. The molecule has 0 aliphatic heterocycles. The molecule has 1 aliphatic carbocycles. The quantitative estimate of drug-likeness (QED) is 0.651. The molecular formula is C18H18N2O4. The third kappa shape index (κ3) is 3.53. The Hall–Kier alpha value is -2.89. The molecule has 0 aromatic heterocycles. The predicted molar refractivity (Wildman–Crippen MR) is 89.0 cm³/mol. The molecule has 1 atom stereocenters. The molecule has 0 unspecified atom stereocenters. The van der Waals surface area contributed by atoms with Crippen molar-refractivity contribution in [3.8, 4) is 5.75 Å². The summed E-state index contributed by atoms with van der Waals surface area (Å²) in [6.07, 6.45) is 2.12. The minimum atomic E-state index is -0.501. The molecule has 1 N–H and O–H groups in total. The van der Waals surface area contributed by atoms with E-state index in [1.807, 2.05) is 24.3 Å². The second-order valence-corrected chi connectivity index (χ2v) is 5.87. The summed E-state index contributed by atoms with van der Waals surface area (Å²) in [6.45, 7) is 0. The Balaban J connectivity index is 1.79. The molecule has 2 aromatic rings. The van der Waals surface area contributed by atoms with E-state index in [4.69, 9.17) is 4.74 Å². The van der Waals surface area contributed by atoms with Crippen molar-refractivity contribution in [3.63, 3.8) is 0 Å². The summed E-state index contributed by atoms with van der Waals surface area (Å²) < 4.78 is 5.16. The normalized spacial score (nSPS) is 14.7. The van der Waals surface area contributed by atoms with Crippen LogP contribution >= 0.6 is 0 Å². The van der Waals surface area contributed by atoms with Gasteiger partial charge in [-0.1, -0.05) is 18.2 Å². The number of non-ortho nitro benzene ring substituents is 1. The maximum Gasteiger partial charge on any atom is 0.270 e. The van der Waals surface area contributed by atoms with Gasteiger partial charge in [0.15, 0.2) is 0 Å². The van der Waals surface area contributed by atoms with Crippen LogP contribution in [0.2, 0.25) is 0 Å². The second kappa shape index (κ2) is 6.70. The summed E-state index contributed by atoms with van der Waals surface area (Å²) in [5.74, 6) is 0.866. The van der Waals surface area contributed by atoms with E-state index in [1.54, 1.807) is 13.2 Å². The lowest BCUT2D eigenvalue weighted by molar-refractivity contribution is -0.384. The number of hydrogen-bond acceptors (Lipinski definition) is 4. The van der Waals surface area contributed by atoms with Crippen LogP contribution in [0.5, 0.6) is 5.75 Å². The molecule has 1 fully saturated rings. The van der Waals surface area contributed by atoms with Gasteiger partial charge in [0.2, 0.25) is 0 Å². The SMILES string of the molecule is COc1ccc([C@H](NC(=O)c2cccc([N+](=O)[O-])c2)C2CC2)cc1. The standard InChI is InChI=1S/C18H18N2O4/c1-24-16-9-7-13(8-10-16)17(12-5-6-12)19-18(21)14-3-2-4-15(11-14)20(22)23/h2-4,7-12,17H,5-6H2,1H3,(H,19,21)/t17-/m1/s1. The number of nitro groups is 1. The van der Waals surface area contributed by atoms with Crippen molar-refractivity contribution in [3.05, 3.63) is 69.8 Å². The first kappa shape index (κ1) is 16.0. The van der Waals surface area contributed by atoms with Crippen LogP contribution in [0.15, 0.2) is 48.5 Å². The molecule has 0 radical (unpaired) electrons. The van der Waals surface area contributed by atoms with Crippen molar-refractivity contribution in [2.45, 2.75) is 18.9 Å². The van der Waals surface area contributed by atoms with Gasteiger partial charge in [-0.05, 0) is 42.5 Å². The van der Waals surface area contributed by atoms with E-state index in [9.17, 15) is 14.9 Å². The monoisotopic (exact) mass is 326 g/mol. The van der Waals surface area contributed by atoms with E-state index in [1.165, 1.54) is 18.2 Å². The molecule has 24 heavy (non-hydrogen) atoms. The number of carbonyl (C=O) groups is 1. The second-order valence-electron chi connectivity index (χ2n) is 5.87. The lowest BCUT2D eigenvalue weighted by Crippen LogP contribution is -2.29. The Labute approximate surface area is 139 Å². The van der Waals surface area contributed by atoms with Gasteiger partial charge in [-0.25, -0.2) is 0 Å². The van der Waals surface area contributed by atoms with Crippen molar-refractivity contribution in [1.82, 2.24) is 5.32 Å². The number of hydrogen-bond donors (Lipinski definition) is 1. The van der Waals surface area contributed by atoms with Gasteiger partial charge in [-0.2, -0.15) is 0 Å². The number of nitrogens with one attached hydrogen (secondary N) is 1. The van der Waals surface area contributed by atoms with Crippen LogP contribution in [0.4, 0.5) is 5.69 Å². The van der Waals surface area contributed by atoms with E-state index in [2.05, 4.69) is 5.32 Å². The van der Waals surface area contributed by atoms with Gasteiger partial charge in [0.05, 0.1) is 18.1 Å². The van der Waals surface area contributed by atoms with Crippen molar-refractivity contribution in [1.29, 1.82) is 0 Å². The molecule has 1 aliphatic rings. The lowest BCUT2D eigenvalue weighted by Gasteiger charge is -2.19. The van der Waals surface area contributed by atoms with E-state index < -0.39 is 4.92 Å². The molecule has 6 nitrogen and oxygen atoms in total. The van der Waals surface area contributed by atoms with Gasteiger partial charge >= 0.3 is 0 Å². The molecule has 0 saturated heterocycles. The van der Waals surface area contributed by atoms with Gasteiger partial charge in [-0.3, -0.25) is 14.9 Å². The van der Waals surface area contributed by atoms with Crippen LogP contribution in [0.25, 0.3) is 0 Å². The number of nitro benzene ring substituents is 1. The first-order valence-corrected chi connectivity index (χ1v) is 7.78. The molecule has 0 bridgehead atoms. The highest BCUT2D eigenvalue weighted by Gasteiger charge is 2.33. The fourth-order valence-corrected chi connectivity index (χ4v) is 2.70. The largest absolute Gasteiger partial charge is 0.497 e. The summed E-state index contributed by atoms with van der Waals surface area (Å²) in [5, 5.41) is 13.9. The Kier molecular flexibility index (Phi) is 4.46. The zero-order chi connectivity index (χ0) is 17.1. The van der Waals surface area contributed by atoms with Crippen LogP contribution < -0.4 is 10.1 Å². The fourth-order valence-electron chi connectivity index (χ4n) is 2.70. The summed E-state index contributed by atoms with van der Waals surface area (Å²) in [7, 11) is 1.61. The van der Waals surface area contributed by atoms with Crippen molar-refractivity contribution >= 4 is 11.6 Å². The van der Waals surface area contributed by atoms with Crippen LogP contribution in [-0.4, -0.2) is 17.9 Å². The molecule has 124 valence electrons. The van der Waals surface area contributed by atoms with Gasteiger partial charge in [0, 0.05) is 17.7 Å². The van der Waals surface area contributed by atoms with Crippen molar-refractivity contribution in [2.75, 3.05) is 7.11 Å². The van der Waals surface area contributed by atoms with Gasteiger partial charge in [-0.15, -0.1) is 0 Å². The van der Waals surface area contributed by atoms with Crippen LogP contribution in [-0.2, 0) is 0 Å². The Morgan fingerprint density at radius 2 is 1.96 bits per heavy atom. The third-order valence-corrected chi connectivity index (χ3v) is 4.17. The van der Waals surface area contributed by atoms with Crippen LogP contribution in [0, 0.1) is 16.0 Å². The van der Waals surface area contributed by atoms with Crippen LogP contribution in [0.1, 0.15) is 34.8 Å². The zero-order valence-electron chi connectivity index (χ0n) is 13.3. The molecule has 6 heteroatoms. The number of benzene rings is 2. The van der Waals surface area contributed by atoms with Gasteiger partial charge in [0.25, 0.3) is 11.6 Å². The Bertz CT molecular complexity index is 754. The van der Waals surface area contributed by atoms with E-state index in [0.29, 0.717) is 11.5 Å². The summed E-state index contributed by atoms with van der Waals surface area (Å²) in [6, 6.07) is 13.3. The first-order valence-electron chi connectivity index (χ1n) is 7.78. The Morgan fingerprint density at radius 1 is 1.25 bits per heavy atom. The van der Waals surface area contributed by atoms with Gasteiger partial charge in [0.1, 0.15) is 5.75 Å². The van der Waals surface area contributed by atoms with Crippen molar-refractivity contribution < 1.29 is 14.5 Å². The molecule has 0 spiro atoms. The van der Waals surface area contributed by atoms with E-state index in [0.717, 1.165) is 24.2 Å².